The largest absolute Gasteiger partial charge is 0.494 e. The van der Waals surface area contributed by atoms with Crippen molar-refractivity contribution in [2.45, 2.75) is 31.7 Å². The predicted molar refractivity (Wildman–Crippen MR) is 127 cm³/mol. The van der Waals surface area contributed by atoms with Crippen LogP contribution in [0.25, 0.3) is 10.9 Å². The first-order chi connectivity index (χ1) is 15.9. The Kier molecular flexibility index (Phi) is 6.81. The summed E-state index contributed by atoms with van der Waals surface area (Å²) in [5.41, 5.74) is 2.78. The number of ether oxygens (including phenoxy) is 1. The average molecular weight is 486 g/mol. The number of halogens is 2. The summed E-state index contributed by atoms with van der Waals surface area (Å²) in [6.45, 7) is 0. The van der Waals surface area contributed by atoms with Gasteiger partial charge in [-0.2, -0.15) is 5.10 Å². The molecular formula is C24H21Cl2N3O4. The van der Waals surface area contributed by atoms with Crippen molar-refractivity contribution in [2.75, 3.05) is 7.11 Å². The number of carbonyl (C=O) groups is 2. The van der Waals surface area contributed by atoms with Crippen molar-refractivity contribution < 1.29 is 19.4 Å². The van der Waals surface area contributed by atoms with E-state index in [1.165, 1.54) is 5.01 Å². The zero-order valence-electron chi connectivity index (χ0n) is 17.8. The molecule has 9 heteroatoms. The van der Waals surface area contributed by atoms with E-state index in [0.29, 0.717) is 34.0 Å². The number of rotatable bonds is 7. The molecule has 2 heterocycles. The van der Waals surface area contributed by atoms with Gasteiger partial charge in [0.25, 0.3) is 0 Å². The number of pyridine rings is 1. The number of amides is 1. The van der Waals surface area contributed by atoms with Gasteiger partial charge in [-0.3, -0.25) is 9.59 Å². The Hall–Kier alpha value is -3.16. The fourth-order valence-electron chi connectivity index (χ4n) is 3.89. The Morgan fingerprint density at radius 3 is 2.67 bits per heavy atom. The Balaban J connectivity index is 1.72. The summed E-state index contributed by atoms with van der Waals surface area (Å²) in [6.07, 6.45) is 0.608. The first-order valence-electron chi connectivity index (χ1n) is 10.4. The number of benzene rings is 2. The number of hydrazone groups is 1. The van der Waals surface area contributed by atoms with Crippen LogP contribution in [0.5, 0.6) is 5.75 Å². The average Bonchev–Trinajstić information content (AvgIpc) is 3.23. The summed E-state index contributed by atoms with van der Waals surface area (Å²) in [7, 11) is 1.57. The number of fused-ring (bicyclic) bond motifs is 1. The van der Waals surface area contributed by atoms with Crippen LogP contribution < -0.4 is 4.74 Å². The smallest absolute Gasteiger partial charge is 0.303 e. The maximum absolute atomic E-state index is 13.0. The Morgan fingerprint density at radius 1 is 1.15 bits per heavy atom. The van der Waals surface area contributed by atoms with E-state index in [2.05, 4.69) is 10.1 Å². The fraction of sp³-hybridized carbons (Fsp3) is 0.250. The van der Waals surface area contributed by atoms with Crippen molar-refractivity contribution in [3.05, 3.63) is 69.8 Å². The highest BCUT2D eigenvalue weighted by Gasteiger charge is 2.35. The lowest BCUT2D eigenvalue weighted by Gasteiger charge is -2.23. The number of hydrogen-bond acceptors (Lipinski definition) is 5. The van der Waals surface area contributed by atoms with Gasteiger partial charge < -0.3 is 9.84 Å². The van der Waals surface area contributed by atoms with Crippen molar-refractivity contribution in [2.24, 2.45) is 5.10 Å². The minimum atomic E-state index is -0.945. The van der Waals surface area contributed by atoms with Gasteiger partial charge in [-0.1, -0.05) is 47.5 Å². The molecule has 3 aromatic rings. The number of methoxy groups -OCH3 is 1. The number of carbonyl (C=O) groups excluding carboxylic acids is 1. The van der Waals surface area contributed by atoms with Gasteiger partial charge in [0.2, 0.25) is 5.91 Å². The normalized spacial score (nSPS) is 15.5. The molecule has 1 aliphatic heterocycles. The van der Waals surface area contributed by atoms with Crippen molar-refractivity contribution >= 4 is 51.7 Å². The molecule has 0 unspecified atom stereocenters. The lowest BCUT2D eigenvalue weighted by molar-refractivity contribution is -0.137. The molecule has 2 aromatic carbocycles. The molecule has 1 N–H and O–H groups in total. The monoisotopic (exact) mass is 485 g/mol. The van der Waals surface area contributed by atoms with E-state index in [-0.39, 0.29) is 30.3 Å². The predicted octanol–water partition coefficient (Wildman–Crippen LogP) is 5.48. The van der Waals surface area contributed by atoms with Crippen LogP contribution >= 0.6 is 23.2 Å². The van der Waals surface area contributed by atoms with Crippen LogP contribution in [0.3, 0.4) is 0 Å². The van der Waals surface area contributed by atoms with Gasteiger partial charge in [-0.15, -0.1) is 0 Å². The molecular weight excluding hydrogens is 465 g/mol. The third kappa shape index (κ3) is 4.94. The highest BCUT2D eigenvalue weighted by atomic mass is 35.5. The zero-order valence-corrected chi connectivity index (χ0v) is 19.3. The molecule has 0 fully saturated rings. The van der Waals surface area contributed by atoms with E-state index in [1.807, 2.05) is 30.3 Å². The molecule has 0 saturated heterocycles. The van der Waals surface area contributed by atoms with Gasteiger partial charge in [0.05, 0.1) is 18.9 Å². The Bertz CT molecular complexity index is 1260. The SMILES string of the molecule is COc1cccc2cc([C@@H]3CC(c4cccc(Cl)c4)=NN3C(=O)CCCC(=O)O)c(Cl)nc12. The molecule has 7 nitrogen and oxygen atoms in total. The van der Waals surface area contributed by atoms with Crippen molar-refractivity contribution in [1.82, 2.24) is 9.99 Å². The second-order valence-electron chi connectivity index (χ2n) is 7.66. The molecule has 0 spiro atoms. The van der Waals surface area contributed by atoms with Crippen molar-refractivity contribution in [1.29, 1.82) is 0 Å². The third-order valence-corrected chi connectivity index (χ3v) is 6.01. The van der Waals surface area contributed by atoms with Gasteiger partial charge in [0.1, 0.15) is 16.4 Å². The fourth-order valence-corrected chi connectivity index (χ4v) is 4.35. The minimum Gasteiger partial charge on any atom is -0.494 e. The first kappa shape index (κ1) is 23.0. The second kappa shape index (κ2) is 9.77. The van der Waals surface area contributed by atoms with Gasteiger partial charge >= 0.3 is 5.97 Å². The lowest BCUT2D eigenvalue weighted by atomic mass is 9.98. The number of carboxylic acids is 1. The zero-order chi connectivity index (χ0) is 23.5. The van der Waals surface area contributed by atoms with Gasteiger partial charge in [0, 0.05) is 35.2 Å². The lowest BCUT2D eigenvalue weighted by Crippen LogP contribution is -2.27. The van der Waals surface area contributed by atoms with Crippen LogP contribution in [0.2, 0.25) is 10.2 Å². The highest BCUT2D eigenvalue weighted by Crippen LogP contribution is 2.39. The van der Waals surface area contributed by atoms with Crippen LogP contribution in [0.15, 0.2) is 53.6 Å². The van der Waals surface area contributed by atoms with Gasteiger partial charge in [-0.05, 0) is 36.2 Å². The molecule has 0 bridgehead atoms. The third-order valence-electron chi connectivity index (χ3n) is 5.47. The summed E-state index contributed by atoms with van der Waals surface area (Å²) in [6, 6.07) is 14.2. The van der Waals surface area contributed by atoms with Crippen LogP contribution in [0, 0.1) is 0 Å². The maximum atomic E-state index is 13.0. The molecule has 170 valence electrons. The number of nitrogens with zero attached hydrogens (tertiary/aromatic N) is 3. The molecule has 1 aromatic heterocycles. The summed E-state index contributed by atoms with van der Waals surface area (Å²) >= 11 is 12.8. The number of hydrogen-bond donors (Lipinski definition) is 1. The van der Waals surface area contributed by atoms with Gasteiger partial charge in [-0.25, -0.2) is 9.99 Å². The van der Waals surface area contributed by atoms with Gasteiger partial charge in [0.15, 0.2) is 0 Å². The second-order valence-corrected chi connectivity index (χ2v) is 8.46. The molecule has 33 heavy (non-hydrogen) atoms. The number of aromatic nitrogens is 1. The quantitative estimate of drug-likeness (QED) is 0.447. The van der Waals surface area contributed by atoms with E-state index in [4.69, 9.17) is 33.0 Å². The molecule has 1 amide bonds. The van der Waals surface area contributed by atoms with Crippen LogP contribution in [0.1, 0.15) is 42.9 Å². The van der Waals surface area contributed by atoms with Crippen LogP contribution in [-0.4, -0.2) is 39.8 Å². The van der Waals surface area contributed by atoms with E-state index in [1.54, 1.807) is 25.3 Å². The van der Waals surface area contributed by atoms with E-state index in [9.17, 15) is 9.59 Å². The number of aliphatic carboxylic acids is 1. The minimum absolute atomic E-state index is 0.0571. The van der Waals surface area contributed by atoms with Crippen LogP contribution in [-0.2, 0) is 9.59 Å². The first-order valence-corrected chi connectivity index (χ1v) is 11.1. The van der Waals surface area contributed by atoms with Crippen LogP contribution in [0.4, 0.5) is 0 Å². The molecule has 0 radical (unpaired) electrons. The molecule has 1 atom stereocenters. The standard InChI is InChI=1S/C24H21Cl2N3O4/c1-33-20-8-3-6-15-12-17(24(26)27-23(15)20)19-13-18(14-5-2-7-16(25)11-14)28-29(19)21(30)9-4-10-22(31)32/h2-3,5-8,11-12,19H,4,9-10,13H2,1H3,(H,31,32)/t19-/m0/s1. The molecule has 4 rings (SSSR count). The number of carboxylic acid groups (broad SMARTS) is 1. The summed E-state index contributed by atoms with van der Waals surface area (Å²) in [5.74, 6) is -0.621. The van der Waals surface area contributed by atoms with E-state index >= 15 is 0 Å². The molecule has 1 aliphatic rings. The van der Waals surface area contributed by atoms with Crippen molar-refractivity contribution in [3.63, 3.8) is 0 Å². The van der Waals surface area contributed by atoms with E-state index < -0.39 is 12.0 Å². The Labute approximate surface area is 200 Å². The Morgan fingerprint density at radius 2 is 1.94 bits per heavy atom. The molecule has 0 saturated carbocycles. The summed E-state index contributed by atoms with van der Waals surface area (Å²) in [5, 5.41) is 16.5. The number of para-hydroxylation sites is 1. The maximum Gasteiger partial charge on any atom is 0.303 e. The molecule has 0 aliphatic carbocycles. The summed E-state index contributed by atoms with van der Waals surface area (Å²) in [4.78, 5) is 28.5. The van der Waals surface area contributed by atoms with E-state index in [0.717, 1.165) is 10.9 Å². The topological polar surface area (TPSA) is 92.1 Å². The highest BCUT2D eigenvalue weighted by molar-refractivity contribution is 6.31. The summed E-state index contributed by atoms with van der Waals surface area (Å²) < 4.78 is 5.39. The van der Waals surface area contributed by atoms with Crippen molar-refractivity contribution in [3.8, 4) is 5.75 Å².